The predicted octanol–water partition coefficient (Wildman–Crippen LogP) is 2.06. The maximum absolute atomic E-state index is 13.4. The van der Waals surface area contributed by atoms with Gasteiger partial charge in [-0.15, -0.1) is 0 Å². The second-order valence-corrected chi connectivity index (χ2v) is 8.28. The largest absolute Gasteiger partial charge is 0.308 e. The van der Waals surface area contributed by atoms with Gasteiger partial charge in [0.05, 0.1) is 0 Å². The second kappa shape index (κ2) is 8.33. The molecular formula is C16H25F2N3O2S. The quantitative estimate of drug-likeness (QED) is 0.747. The average molecular weight is 361 g/mol. The molecule has 0 saturated carbocycles. The predicted molar refractivity (Wildman–Crippen MR) is 89.7 cm³/mol. The van der Waals surface area contributed by atoms with Gasteiger partial charge in [0, 0.05) is 32.7 Å². The molecule has 0 unspecified atom stereocenters. The van der Waals surface area contributed by atoms with Crippen molar-refractivity contribution < 1.29 is 17.2 Å². The van der Waals surface area contributed by atoms with Crippen LogP contribution in [0.3, 0.4) is 0 Å². The van der Waals surface area contributed by atoms with Crippen LogP contribution in [0.5, 0.6) is 0 Å². The number of rotatable bonds is 7. The summed E-state index contributed by atoms with van der Waals surface area (Å²) in [4.78, 5) is 1.89. The van der Waals surface area contributed by atoms with E-state index in [0.717, 1.165) is 31.4 Å². The summed E-state index contributed by atoms with van der Waals surface area (Å²) < 4.78 is 55.2. The zero-order valence-electron chi connectivity index (χ0n) is 14.2. The van der Waals surface area contributed by atoms with Gasteiger partial charge in [-0.1, -0.05) is 12.5 Å². The lowest BCUT2D eigenvalue weighted by Gasteiger charge is -2.32. The lowest BCUT2D eigenvalue weighted by Crippen LogP contribution is -2.47. The molecule has 1 aromatic rings. The lowest BCUT2D eigenvalue weighted by molar-refractivity contribution is 0.280. The summed E-state index contributed by atoms with van der Waals surface area (Å²) in [6, 6.07) is 3.51. The SMILES string of the molecule is CN(C)CCN(Cc1ccc(F)c(F)c1)S(=O)(=O)N1CCCCC1. The minimum Gasteiger partial charge on any atom is -0.308 e. The lowest BCUT2D eigenvalue weighted by atomic mass is 10.2. The van der Waals surface area contributed by atoms with E-state index in [9.17, 15) is 17.2 Å². The van der Waals surface area contributed by atoms with Crippen molar-refractivity contribution >= 4 is 10.2 Å². The summed E-state index contributed by atoms with van der Waals surface area (Å²) in [7, 11) is 0.112. The molecule has 0 bridgehead atoms. The van der Waals surface area contributed by atoms with Crippen molar-refractivity contribution in [2.45, 2.75) is 25.8 Å². The first kappa shape index (κ1) is 19.2. The number of hydrogen-bond acceptors (Lipinski definition) is 3. The third-order valence-corrected chi connectivity index (χ3v) is 6.09. The Bertz CT molecular complexity index is 647. The molecule has 8 heteroatoms. The Morgan fingerprint density at radius 2 is 1.71 bits per heavy atom. The van der Waals surface area contributed by atoms with E-state index >= 15 is 0 Å². The van der Waals surface area contributed by atoms with E-state index in [1.807, 2.05) is 19.0 Å². The van der Waals surface area contributed by atoms with Gasteiger partial charge in [0.25, 0.3) is 10.2 Å². The van der Waals surface area contributed by atoms with Gasteiger partial charge in [-0.2, -0.15) is 17.0 Å². The van der Waals surface area contributed by atoms with Crippen LogP contribution in [0.25, 0.3) is 0 Å². The smallest absolute Gasteiger partial charge is 0.282 e. The number of hydrogen-bond donors (Lipinski definition) is 0. The third-order valence-electron chi connectivity index (χ3n) is 4.11. The van der Waals surface area contributed by atoms with Gasteiger partial charge in [-0.3, -0.25) is 0 Å². The molecule has 1 aliphatic rings. The standard InChI is InChI=1S/C16H25F2N3O2S/c1-19(2)10-11-21(13-14-6-7-15(17)16(18)12-14)24(22,23)20-8-4-3-5-9-20/h6-7,12H,3-5,8-11,13H2,1-2H3. The monoisotopic (exact) mass is 361 g/mol. The first-order chi connectivity index (χ1) is 11.3. The molecule has 0 aromatic heterocycles. The zero-order valence-corrected chi connectivity index (χ0v) is 15.0. The van der Waals surface area contributed by atoms with E-state index in [4.69, 9.17) is 0 Å². The molecule has 136 valence electrons. The fraction of sp³-hybridized carbons (Fsp3) is 0.625. The Kier molecular flexibility index (Phi) is 6.68. The van der Waals surface area contributed by atoms with Crippen molar-refractivity contribution in [2.75, 3.05) is 40.3 Å². The number of piperidine rings is 1. The van der Waals surface area contributed by atoms with Crippen LogP contribution < -0.4 is 0 Å². The Hall–Kier alpha value is -1.09. The molecule has 5 nitrogen and oxygen atoms in total. The fourth-order valence-electron chi connectivity index (χ4n) is 2.69. The van der Waals surface area contributed by atoms with Crippen molar-refractivity contribution in [3.05, 3.63) is 35.4 Å². The molecule has 0 amide bonds. The molecule has 24 heavy (non-hydrogen) atoms. The molecule has 1 saturated heterocycles. The van der Waals surface area contributed by atoms with Crippen LogP contribution >= 0.6 is 0 Å². The highest BCUT2D eigenvalue weighted by atomic mass is 32.2. The molecule has 1 fully saturated rings. The number of benzene rings is 1. The molecule has 2 rings (SSSR count). The van der Waals surface area contributed by atoms with Gasteiger partial charge < -0.3 is 4.90 Å². The maximum atomic E-state index is 13.4. The van der Waals surface area contributed by atoms with E-state index in [-0.39, 0.29) is 6.54 Å². The zero-order chi connectivity index (χ0) is 17.7. The molecule has 0 atom stereocenters. The van der Waals surface area contributed by atoms with Crippen LogP contribution in [0, 0.1) is 11.6 Å². The second-order valence-electron chi connectivity index (χ2n) is 6.35. The van der Waals surface area contributed by atoms with Crippen LogP contribution in [0.15, 0.2) is 18.2 Å². The Balaban J connectivity index is 2.20. The minimum atomic E-state index is -3.62. The van der Waals surface area contributed by atoms with Gasteiger partial charge >= 0.3 is 0 Å². The van der Waals surface area contributed by atoms with E-state index in [2.05, 4.69) is 0 Å². The van der Waals surface area contributed by atoms with Crippen molar-refractivity contribution in [3.8, 4) is 0 Å². The Morgan fingerprint density at radius 3 is 2.29 bits per heavy atom. The van der Waals surface area contributed by atoms with Crippen LogP contribution in [-0.2, 0) is 16.8 Å². The molecule has 0 aliphatic carbocycles. The topological polar surface area (TPSA) is 43.9 Å². The van der Waals surface area contributed by atoms with Gasteiger partial charge in [-0.25, -0.2) is 8.78 Å². The molecule has 1 heterocycles. The molecule has 1 aliphatic heterocycles. The van der Waals surface area contributed by atoms with Gasteiger partial charge in [-0.05, 0) is 44.6 Å². The van der Waals surface area contributed by atoms with E-state index in [1.54, 1.807) is 0 Å². The summed E-state index contributed by atoms with van der Waals surface area (Å²) >= 11 is 0. The van der Waals surface area contributed by atoms with Gasteiger partial charge in [0.1, 0.15) is 0 Å². The van der Waals surface area contributed by atoms with E-state index in [0.29, 0.717) is 31.7 Å². The fourth-order valence-corrected chi connectivity index (χ4v) is 4.36. The summed E-state index contributed by atoms with van der Waals surface area (Å²) in [6.07, 6.45) is 2.74. The highest BCUT2D eigenvalue weighted by molar-refractivity contribution is 7.86. The molecule has 0 spiro atoms. The third kappa shape index (κ3) is 4.95. The normalized spacial score (nSPS) is 16.9. The van der Waals surface area contributed by atoms with Crippen molar-refractivity contribution in [1.29, 1.82) is 0 Å². The van der Waals surface area contributed by atoms with Crippen molar-refractivity contribution in [3.63, 3.8) is 0 Å². The number of likely N-dealkylation sites (N-methyl/N-ethyl adjacent to an activating group) is 1. The van der Waals surface area contributed by atoms with E-state index < -0.39 is 21.8 Å². The average Bonchev–Trinajstić information content (AvgIpc) is 2.55. The summed E-state index contributed by atoms with van der Waals surface area (Å²) in [5.41, 5.74) is 0.438. The Labute approximate surface area is 143 Å². The first-order valence-electron chi connectivity index (χ1n) is 8.14. The number of nitrogens with zero attached hydrogens (tertiary/aromatic N) is 3. The van der Waals surface area contributed by atoms with Crippen LogP contribution in [0.2, 0.25) is 0 Å². The highest BCUT2D eigenvalue weighted by Crippen LogP contribution is 2.19. The van der Waals surface area contributed by atoms with Gasteiger partial charge in [0.15, 0.2) is 11.6 Å². The first-order valence-corrected chi connectivity index (χ1v) is 9.54. The minimum absolute atomic E-state index is 0.0316. The molecule has 0 radical (unpaired) electrons. The van der Waals surface area contributed by atoms with E-state index in [1.165, 1.54) is 14.7 Å². The van der Waals surface area contributed by atoms with Crippen LogP contribution in [0.4, 0.5) is 8.78 Å². The molecule has 1 aromatic carbocycles. The summed E-state index contributed by atoms with van der Waals surface area (Å²) in [5, 5.41) is 0. The van der Waals surface area contributed by atoms with Crippen molar-refractivity contribution in [1.82, 2.24) is 13.5 Å². The number of halogens is 2. The molecule has 0 N–H and O–H groups in total. The molecular weight excluding hydrogens is 336 g/mol. The van der Waals surface area contributed by atoms with Crippen LogP contribution in [-0.4, -0.2) is 62.2 Å². The highest BCUT2D eigenvalue weighted by Gasteiger charge is 2.30. The van der Waals surface area contributed by atoms with Crippen LogP contribution in [0.1, 0.15) is 24.8 Å². The van der Waals surface area contributed by atoms with Crippen molar-refractivity contribution in [2.24, 2.45) is 0 Å². The summed E-state index contributed by atoms with van der Waals surface area (Å²) in [5.74, 6) is -1.90. The summed E-state index contributed by atoms with van der Waals surface area (Å²) in [6.45, 7) is 1.91. The van der Waals surface area contributed by atoms with Gasteiger partial charge in [0.2, 0.25) is 0 Å². The maximum Gasteiger partial charge on any atom is 0.282 e. The Morgan fingerprint density at radius 1 is 1.04 bits per heavy atom.